The average molecular weight is 698 g/mol. The number of aryl methyl sites for hydroxylation is 1. The Morgan fingerprint density at radius 1 is 0.957 bits per heavy atom. The van der Waals surface area contributed by atoms with Gasteiger partial charge in [-0.3, -0.25) is 10.2 Å². The summed E-state index contributed by atoms with van der Waals surface area (Å²) in [6, 6.07) is 32.4. The fourth-order valence-electron chi connectivity index (χ4n) is 5.46. The summed E-state index contributed by atoms with van der Waals surface area (Å²) in [4.78, 5) is 22.5. The first-order valence-electron chi connectivity index (χ1n) is 15.6. The molecule has 11 heteroatoms. The molecule has 47 heavy (non-hydrogen) atoms. The number of aliphatic hydroxyl groups is 1. The zero-order valence-corrected chi connectivity index (χ0v) is 27.5. The van der Waals surface area contributed by atoms with E-state index in [0.717, 1.165) is 29.3 Å². The van der Waals surface area contributed by atoms with Crippen LogP contribution in [0.5, 0.6) is 5.75 Å². The summed E-state index contributed by atoms with van der Waals surface area (Å²) in [6.07, 6.45) is 2.60. The van der Waals surface area contributed by atoms with Crippen LogP contribution in [0.2, 0.25) is 0 Å². The number of benzene rings is 4. The highest BCUT2D eigenvalue weighted by Gasteiger charge is 2.54. The Labute approximate surface area is 282 Å². The van der Waals surface area contributed by atoms with Gasteiger partial charge in [0.15, 0.2) is 11.6 Å². The maximum Gasteiger partial charge on any atom is 0.266 e. The van der Waals surface area contributed by atoms with E-state index in [2.05, 4.69) is 48.9 Å². The van der Waals surface area contributed by atoms with Crippen LogP contribution in [0.3, 0.4) is 0 Å². The molecular formula is C36H37BrN6O4. The quantitative estimate of drug-likeness (QED) is 0.0371. The molecule has 5 rings (SSSR count). The van der Waals surface area contributed by atoms with Crippen LogP contribution in [0.1, 0.15) is 47.6 Å². The number of ether oxygens (including phenoxy) is 2. The van der Waals surface area contributed by atoms with Gasteiger partial charge < -0.3 is 14.6 Å². The number of hydrogen-bond donors (Lipinski definition) is 3. The number of carbonyl (C=O) groups is 1. The van der Waals surface area contributed by atoms with Crippen LogP contribution >= 0.6 is 15.9 Å². The van der Waals surface area contributed by atoms with E-state index in [1.54, 1.807) is 30.3 Å². The third kappa shape index (κ3) is 8.78. The summed E-state index contributed by atoms with van der Waals surface area (Å²) in [7, 11) is 0. The second-order valence-corrected chi connectivity index (χ2v) is 12.1. The molecule has 0 fully saturated rings. The number of hydrazine groups is 1. The van der Waals surface area contributed by atoms with Gasteiger partial charge in [-0.15, -0.1) is 0 Å². The van der Waals surface area contributed by atoms with Crippen LogP contribution in [0.25, 0.3) is 10.4 Å². The molecule has 0 aromatic heterocycles. The van der Waals surface area contributed by atoms with Gasteiger partial charge in [-0.05, 0) is 72.3 Å². The lowest BCUT2D eigenvalue weighted by Crippen LogP contribution is -2.54. The lowest BCUT2D eigenvalue weighted by molar-refractivity contribution is -0.130. The number of nitrogens with zero attached hydrogens (tertiary/aromatic N) is 4. The van der Waals surface area contributed by atoms with Gasteiger partial charge in [0.25, 0.3) is 5.91 Å². The molecular weight excluding hydrogens is 660 g/mol. The Hall–Kier alpha value is -4.67. The molecule has 4 aromatic rings. The SMILES string of the molecule is [N-]=[N+]=Nc1ccccc1[C@@H]1OC(c2ccc(OCCCO)cc2)=N[C@]1(Cc1ccc(Br)cc1)C(=O)NNCCCCc1ccccc1. The molecule has 10 nitrogen and oxygen atoms in total. The largest absolute Gasteiger partial charge is 0.494 e. The molecule has 2 atom stereocenters. The first-order chi connectivity index (χ1) is 23.0. The average Bonchev–Trinajstić information content (AvgIpc) is 3.48. The van der Waals surface area contributed by atoms with Gasteiger partial charge in [0, 0.05) is 52.2 Å². The van der Waals surface area contributed by atoms with Crippen molar-refractivity contribution in [1.29, 1.82) is 0 Å². The first kappa shape index (κ1) is 33.7. The summed E-state index contributed by atoms with van der Waals surface area (Å²) < 4.78 is 13.2. The van der Waals surface area contributed by atoms with Crippen LogP contribution in [-0.2, 0) is 22.4 Å². The number of aliphatic imine (C=N–C) groups is 1. The van der Waals surface area contributed by atoms with Gasteiger partial charge in [0.1, 0.15) is 5.75 Å². The number of rotatable bonds is 16. The molecule has 0 unspecified atom stereocenters. The van der Waals surface area contributed by atoms with Crippen molar-refractivity contribution in [2.24, 2.45) is 10.1 Å². The number of unbranched alkanes of at least 4 members (excludes halogenated alkanes) is 1. The van der Waals surface area contributed by atoms with E-state index in [4.69, 9.17) is 19.6 Å². The fourth-order valence-corrected chi connectivity index (χ4v) is 5.72. The molecule has 0 radical (unpaired) electrons. The normalized spacial score (nSPS) is 16.9. The molecule has 0 saturated heterocycles. The van der Waals surface area contributed by atoms with E-state index in [-0.39, 0.29) is 24.8 Å². The second kappa shape index (κ2) is 16.8. The topological polar surface area (TPSA) is 141 Å². The molecule has 4 aromatic carbocycles. The van der Waals surface area contributed by atoms with E-state index in [9.17, 15) is 10.3 Å². The lowest BCUT2D eigenvalue weighted by atomic mass is 9.81. The van der Waals surface area contributed by atoms with Gasteiger partial charge in [0.2, 0.25) is 5.90 Å². The molecule has 1 amide bonds. The third-order valence-electron chi connectivity index (χ3n) is 7.85. The monoisotopic (exact) mass is 696 g/mol. The summed E-state index contributed by atoms with van der Waals surface area (Å²) >= 11 is 3.50. The van der Waals surface area contributed by atoms with Crippen molar-refractivity contribution in [2.45, 2.75) is 43.7 Å². The highest BCUT2D eigenvalue weighted by molar-refractivity contribution is 9.10. The molecule has 1 aliphatic rings. The summed E-state index contributed by atoms with van der Waals surface area (Å²) in [6.45, 7) is 1.01. The molecule has 1 aliphatic heterocycles. The number of aliphatic hydroxyl groups excluding tert-OH is 1. The Kier molecular flexibility index (Phi) is 12.0. The van der Waals surface area contributed by atoms with Crippen molar-refractivity contribution >= 4 is 33.4 Å². The summed E-state index contributed by atoms with van der Waals surface area (Å²) in [5, 5.41) is 13.0. The molecule has 3 N–H and O–H groups in total. The van der Waals surface area contributed by atoms with E-state index in [1.807, 2.05) is 60.7 Å². The van der Waals surface area contributed by atoms with Crippen LogP contribution in [0, 0.1) is 0 Å². The van der Waals surface area contributed by atoms with Crippen LogP contribution in [0.15, 0.2) is 118 Å². The van der Waals surface area contributed by atoms with Crippen molar-refractivity contribution < 1.29 is 19.4 Å². The van der Waals surface area contributed by atoms with Crippen LogP contribution in [0.4, 0.5) is 5.69 Å². The fraction of sp³-hybridized carbons (Fsp3) is 0.278. The Morgan fingerprint density at radius 3 is 2.45 bits per heavy atom. The highest BCUT2D eigenvalue weighted by atomic mass is 79.9. The second-order valence-electron chi connectivity index (χ2n) is 11.2. The Balaban J connectivity index is 1.45. The standard InChI is InChI=1S/C36H37BrN6O4/c37-29-18-14-27(15-19-29)25-36(35(45)42-39-22-7-6-11-26-9-2-1-3-10-26)33(31-12-4-5-13-32(31)41-43-38)47-34(40-36)28-16-20-30(21-17-28)46-24-8-23-44/h1-5,9-10,12-21,33,39,44H,6-8,11,22-25H2,(H,42,45)/t33-,36-/m0/s1. The minimum absolute atomic E-state index is 0.0481. The molecule has 0 aliphatic carbocycles. The van der Waals surface area contributed by atoms with E-state index in [0.29, 0.717) is 42.1 Å². The maximum absolute atomic E-state index is 14.4. The molecule has 0 bridgehead atoms. The minimum Gasteiger partial charge on any atom is -0.494 e. The number of halogens is 1. The van der Waals surface area contributed by atoms with Crippen LogP contribution in [-0.4, -0.2) is 42.2 Å². The van der Waals surface area contributed by atoms with Crippen molar-refractivity contribution in [2.75, 3.05) is 19.8 Å². The number of hydrogen-bond acceptors (Lipinski definition) is 7. The van der Waals surface area contributed by atoms with Crippen molar-refractivity contribution in [1.82, 2.24) is 10.9 Å². The highest BCUT2D eigenvalue weighted by Crippen LogP contribution is 2.45. The van der Waals surface area contributed by atoms with Crippen molar-refractivity contribution in [3.63, 3.8) is 0 Å². The third-order valence-corrected chi connectivity index (χ3v) is 8.38. The predicted molar refractivity (Wildman–Crippen MR) is 185 cm³/mol. The lowest BCUT2D eigenvalue weighted by Gasteiger charge is -2.31. The predicted octanol–water partition coefficient (Wildman–Crippen LogP) is 7.30. The molecule has 0 spiro atoms. The molecule has 1 heterocycles. The molecule has 0 saturated carbocycles. The Morgan fingerprint density at radius 2 is 1.70 bits per heavy atom. The number of amides is 1. The number of azide groups is 1. The zero-order valence-electron chi connectivity index (χ0n) is 25.9. The molecule has 242 valence electrons. The van der Waals surface area contributed by atoms with Crippen molar-refractivity contribution in [3.8, 4) is 5.75 Å². The van der Waals surface area contributed by atoms with E-state index in [1.165, 1.54) is 5.56 Å². The van der Waals surface area contributed by atoms with Gasteiger partial charge in [-0.2, -0.15) is 0 Å². The summed E-state index contributed by atoms with van der Waals surface area (Å²) in [5.74, 6) is 0.548. The smallest absolute Gasteiger partial charge is 0.266 e. The first-order valence-corrected chi connectivity index (χ1v) is 16.4. The van der Waals surface area contributed by atoms with Crippen LogP contribution < -0.4 is 15.6 Å². The van der Waals surface area contributed by atoms with Gasteiger partial charge >= 0.3 is 0 Å². The van der Waals surface area contributed by atoms with Gasteiger partial charge in [-0.1, -0.05) is 87.8 Å². The minimum atomic E-state index is -1.46. The number of carbonyl (C=O) groups excluding carboxylic acids is 1. The Bertz CT molecular complexity index is 1700. The van der Waals surface area contributed by atoms with Gasteiger partial charge in [-0.25, -0.2) is 10.4 Å². The van der Waals surface area contributed by atoms with E-state index >= 15 is 0 Å². The van der Waals surface area contributed by atoms with Crippen molar-refractivity contribution in [3.05, 3.63) is 140 Å². The number of nitrogens with one attached hydrogen (secondary N) is 2. The summed E-state index contributed by atoms with van der Waals surface area (Å²) in [5.41, 5.74) is 17.6. The van der Waals surface area contributed by atoms with E-state index < -0.39 is 11.6 Å². The maximum atomic E-state index is 14.4. The van der Waals surface area contributed by atoms with Gasteiger partial charge in [0.05, 0.1) is 6.61 Å². The zero-order chi connectivity index (χ0) is 32.9.